The van der Waals surface area contributed by atoms with Crippen molar-refractivity contribution in [2.24, 2.45) is 0 Å². The summed E-state index contributed by atoms with van der Waals surface area (Å²) in [6, 6.07) is 12.2. The maximum Gasteiger partial charge on any atom is 0.410 e. The molecular weight excluding hydrogens is 465 g/mol. The van der Waals surface area contributed by atoms with E-state index in [2.05, 4.69) is 20.6 Å². The van der Waals surface area contributed by atoms with Crippen molar-refractivity contribution in [2.75, 3.05) is 12.4 Å². The van der Waals surface area contributed by atoms with E-state index >= 15 is 0 Å². The third kappa shape index (κ3) is 3.75. The van der Waals surface area contributed by atoms with Crippen molar-refractivity contribution in [3.63, 3.8) is 0 Å². The van der Waals surface area contributed by atoms with E-state index in [1.807, 2.05) is 31.2 Å². The Labute approximate surface area is 198 Å². The number of halogens is 3. The van der Waals surface area contributed by atoms with Gasteiger partial charge in [0.15, 0.2) is 16.6 Å². The predicted octanol–water partition coefficient (Wildman–Crippen LogP) is 5.77. The third-order valence-corrected chi connectivity index (χ3v) is 6.30. The summed E-state index contributed by atoms with van der Waals surface area (Å²) in [5, 5.41) is 14.5. The number of hydrogen-bond acceptors (Lipinski definition) is 5. The lowest BCUT2D eigenvalue weighted by atomic mass is 9.96. The fourth-order valence-corrected chi connectivity index (χ4v) is 4.53. The summed E-state index contributed by atoms with van der Waals surface area (Å²) in [4.78, 5) is 0. The highest BCUT2D eigenvalue weighted by Gasteiger charge is 2.47. The average molecular weight is 487 g/mol. The van der Waals surface area contributed by atoms with Crippen LogP contribution in [0.5, 0.6) is 5.75 Å². The number of aromatic nitrogens is 5. The number of hydrogen-bond donors (Lipinski definition) is 2. The van der Waals surface area contributed by atoms with Crippen LogP contribution in [0.25, 0.3) is 17.1 Å². The summed E-state index contributed by atoms with van der Waals surface area (Å²) in [6.07, 6.45) is -3.28. The SMILES string of the molecule is COc1ccc([C@H]2C[C@H](C(F)(F)F)n3ncc(-c4n[nH]c(=S)n4-c4ccccc4C)c3N2)cc1. The van der Waals surface area contributed by atoms with Crippen LogP contribution >= 0.6 is 12.2 Å². The molecule has 0 saturated heterocycles. The Morgan fingerprint density at radius 1 is 1.12 bits per heavy atom. The molecule has 34 heavy (non-hydrogen) atoms. The minimum Gasteiger partial charge on any atom is -0.497 e. The number of rotatable bonds is 4. The van der Waals surface area contributed by atoms with Crippen LogP contribution in [0.15, 0.2) is 54.7 Å². The molecule has 0 bridgehead atoms. The molecule has 0 unspecified atom stereocenters. The zero-order chi connectivity index (χ0) is 24.0. The lowest BCUT2D eigenvalue weighted by molar-refractivity contribution is -0.173. The molecule has 2 atom stereocenters. The van der Waals surface area contributed by atoms with Gasteiger partial charge in [0.05, 0.1) is 30.6 Å². The first-order chi connectivity index (χ1) is 16.3. The maximum absolute atomic E-state index is 14.1. The number of aromatic amines is 1. The standard InChI is InChI=1S/C23H21F3N6OS/c1-13-5-3-4-6-18(13)31-21(29-30-22(31)34)16-12-27-32-19(23(24,25)26)11-17(28-20(16)32)14-7-9-15(33-2)10-8-14/h3-10,12,17,19,28H,11H2,1-2H3,(H,30,34)/t17-,19-/m1/s1. The minimum absolute atomic E-state index is 0.200. The topological polar surface area (TPSA) is 72.7 Å². The number of H-pyrrole nitrogens is 1. The largest absolute Gasteiger partial charge is 0.497 e. The van der Waals surface area contributed by atoms with Gasteiger partial charge in [0.25, 0.3) is 0 Å². The number of fused-ring (bicyclic) bond motifs is 1. The number of methoxy groups -OCH3 is 1. The van der Waals surface area contributed by atoms with Crippen molar-refractivity contribution >= 4 is 18.0 Å². The van der Waals surface area contributed by atoms with Crippen molar-refractivity contribution in [1.82, 2.24) is 24.5 Å². The van der Waals surface area contributed by atoms with Gasteiger partial charge in [0.2, 0.25) is 0 Å². The highest BCUT2D eigenvalue weighted by atomic mass is 32.1. The Bertz CT molecular complexity index is 1390. The van der Waals surface area contributed by atoms with Crippen LogP contribution in [-0.4, -0.2) is 37.8 Å². The number of benzene rings is 2. The summed E-state index contributed by atoms with van der Waals surface area (Å²) in [5.74, 6) is 1.24. The second kappa shape index (κ2) is 8.32. The minimum atomic E-state index is -4.48. The van der Waals surface area contributed by atoms with Crippen LogP contribution in [0.3, 0.4) is 0 Å². The van der Waals surface area contributed by atoms with E-state index in [9.17, 15) is 13.2 Å². The summed E-state index contributed by atoms with van der Waals surface area (Å²) >= 11 is 5.45. The smallest absolute Gasteiger partial charge is 0.410 e. The molecule has 2 N–H and O–H groups in total. The average Bonchev–Trinajstić information content (AvgIpc) is 3.41. The molecule has 0 fully saturated rings. The first-order valence-electron chi connectivity index (χ1n) is 10.6. The van der Waals surface area contributed by atoms with Crippen molar-refractivity contribution in [2.45, 2.75) is 31.6 Å². The molecule has 0 saturated carbocycles. The zero-order valence-electron chi connectivity index (χ0n) is 18.3. The van der Waals surface area contributed by atoms with Gasteiger partial charge in [-0.05, 0) is 48.5 Å². The number of ether oxygens (including phenoxy) is 1. The van der Waals surface area contributed by atoms with Crippen molar-refractivity contribution < 1.29 is 17.9 Å². The molecule has 1 aliphatic rings. The Morgan fingerprint density at radius 2 is 1.85 bits per heavy atom. The van der Waals surface area contributed by atoms with Gasteiger partial charge in [0.1, 0.15) is 11.6 Å². The van der Waals surface area contributed by atoms with E-state index in [-0.39, 0.29) is 12.2 Å². The zero-order valence-corrected chi connectivity index (χ0v) is 19.1. The quantitative estimate of drug-likeness (QED) is 0.358. The second-order valence-corrected chi connectivity index (χ2v) is 8.48. The summed E-state index contributed by atoms with van der Waals surface area (Å²) < 4.78 is 50.5. The monoisotopic (exact) mass is 486 g/mol. The molecule has 7 nitrogen and oxygen atoms in total. The lowest BCUT2D eigenvalue weighted by Gasteiger charge is -2.34. The normalized spacial score (nSPS) is 17.8. The van der Waals surface area contributed by atoms with E-state index < -0.39 is 18.3 Å². The number of para-hydroxylation sites is 1. The van der Waals surface area contributed by atoms with Gasteiger partial charge in [-0.2, -0.15) is 23.4 Å². The Morgan fingerprint density at radius 3 is 2.53 bits per heavy atom. The fourth-order valence-electron chi connectivity index (χ4n) is 4.30. The highest BCUT2D eigenvalue weighted by Crippen LogP contribution is 2.46. The van der Waals surface area contributed by atoms with E-state index in [0.717, 1.165) is 15.9 Å². The summed E-state index contributed by atoms with van der Waals surface area (Å²) in [6.45, 7) is 1.93. The molecule has 4 aromatic rings. The molecule has 1 aliphatic heterocycles. The van der Waals surface area contributed by atoms with E-state index in [0.29, 0.717) is 27.5 Å². The summed E-state index contributed by atoms with van der Waals surface area (Å²) in [5.41, 5.74) is 2.86. The highest BCUT2D eigenvalue weighted by molar-refractivity contribution is 7.71. The maximum atomic E-state index is 14.1. The second-order valence-electron chi connectivity index (χ2n) is 8.09. The molecule has 176 valence electrons. The van der Waals surface area contributed by atoms with Crippen molar-refractivity contribution in [3.8, 4) is 22.8 Å². The number of nitrogens with zero attached hydrogens (tertiary/aromatic N) is 4. The Balaban J connectivity index is 1.64. The first-order valence-corrected chi connectivity index (χ1v) is 11.0. The molecule has 0 spiro atoms. The van der Waals surface area contributed by atoms with Gasteiger partial charge in [-0.1, -0.05) is 30.3 Å². The molecule has 2 aromatic heterocycles. The molecule has 3 heterocycles. The van der Waals surface area contributed by atoms with Crippen molar-refractivity contribution in [1.29, 1.82) is 0 Å². The van der Waals surface area contributed by atoms with Gasteiger partial charge in [-0.25, -0.2) is 4.68 Å². The molecule has 0 radical (unpaired) electrons. The number of aryl methyl sites for hydroxylation is 1. The first kappa shape index (κ1) is 22.2. The van der Waals surface area contributed by atoms with Gasteiger partial charge < -0.3 is 10.1 Å². The van der Waals surface area contributed by atoms with Crippen molar-refractivity contribution in [3.05, 3.63) is 70.6 Å². The summed E-state index contributed by atoms with van der Waals surface area (Å²) in [7, 11) is 1.54. The van der Waals surface area contributed by atoms with Crippen LogP contribution in [0.1, 0.15) is 29.6 Å². The molecule has 2 aromatic carbocycles. The van der Waals surface area contributed by atoms with E-state index in [4.69, 9.17) is 17.0 Å². The fraction of sp³-hybridized carbons (Fsp3) is 0.261. The molecule has 0 amide bonds. The van der Waals surface area contributed by atoms with Gasteiger partial charge >= 0.3 is 6.18 Å². The van der Waals surface area contributed by atoms with Crippen LogP contribution in [0, 0.1) is 11.7 Å². The van der Waals surface area contributed by atoms with Gasteiger partial charge in [0, 0.05) is 6.42 Å². The molecule has 0 aliphatic carbocycles. The molecule has 5 rings (SSSR count). The van der Waals surface area contributed by atoms with Gasteiger partial charge in [-0.3, -0.25) is 9.67 Å². The van der Waals surface area contributed by atoms with Crippen LogP contribution in [-0.2, 0) is 0 Å². The number of nitrogens with one attached hydrogen (secondary N) is 2. The molecule has 11 heteroatoms. The predicted molar refractivity (Wildman–Crippen MR) is 124 cm³/mol. The van der Waals surface area contributed by atoms with E-state index in [1.54, 1.807) is 35.9 Å². The van der Waals surface area contributed by atoms with Gasteiger partial charge in [-0.15, -0.1) is 0 Å². The van der Waals surface area contributed by atoms with Crippen LogP contribution in [0.2, 0.25) is 0 Å². The number of alkyl halides is 3. The van der Waals surface area contributed by atoms with E-state index in [1.165, 1.54) is 6.20 Å². The van der Waals surface area contributed by atoms with Crippen LogP contribution < -0.4 is 10.1 Å². The Hall–Kier alpha value is -3.60. The van der Waals surface area contributed by atoms with Crippen LogP contribution in [0.4, 0.5) is 19.0 Å². The molecular formula is C23H21F3N6OS. The lowest BCUT2D eigenvalue weighted by Crippen LogP contribution is -2.35. The number of anilines is 1. The third-order valence-electron chi connectivity index (χ3n) is 6.03. The Kier molecular flexibility index (Phi) is 5.43.